The van der Waals surface area contributed by atoms with Gasteiger partial charge >= 0.3 is 95.8 Å². The topological polar surface area (TPSA) is 74.6 Å². The molecule has 0 aromatic heterocycles. The molecule has 1 fully saturated rings. The molecule has 0 aromatic rings. The third-order valence-electron chi connectivity index (χ3n) is 2.83. The van der Waals surface area contributed by atoms with Gasteiger partial charge in [-0.3, -0.25) is 9.59 Å². The summed E-state index contributed by atoms with van der Waals surface area (Å²) >= 11 is -0.110. The predicted molar refractivity (Wildman–Crippen MR) is 67.6 cm³/mol. The Hall–Kier alpha value is 0.200. The van der Waals surface area contributed by atoms with Crippen LogP contribution in [-0.2, 0) is 9.59 Å². The van der Waals surface area contributed by atoms with Gasteiger partial charge < -0.3 is 10.2 Å². The summed E-state index contributed by atoms with van der Waals surface area (Å²) < 4.78 is 2.37. The van der Waals surface area contributed by atoms with Crippen molar-refractivity contribution in [3.05, 3.63) is 0 Å². The maximum absolute atomic E-state index is 9.43. The standard InChI is InChI=1S/C6H11.C3H4O4.C3H7.Ca/c1-2-4-6-5-3-1;4-2(5)1-3(6)7;1-3-2;/h1H,2-6H2;1H2,(H,4,5)(H,6,7);3H,1-2H3;. The third-order valence-corrected chi connectivity index (χ3v) is 6.62. The van der Waals surface area contributed by atoms with Gasteiger partial charge in [-0.25, -0.2) is 0 Å². The summed E-state index contributed by atoms with van der Waals surface area (Å²) in [6.45, 7) is 4.85. The smallest absolute Gasteiger partial charge is 0.314 e. The molecule has 0 atom stereocenters. The Bertz CT molecular complexity index is 223. The van der Waals surface area contributed by atoms with Crippen LogP contribution in [0.3, 0.4) is 0 Å². The first kappa shape index (κ1) is 17.2. The number of carboxylic acid groups (broad SMARTS) is 2. The molecule has 17 heavy (non-hydrogen) atoms. The van der Waals surface area contributed by atoms with E-state index in [4.69, 9.17) is 10.2 Å². The van der Waals surface area contributed by atoms with Gasteiger partial charge in [0.2, 0.25) is 0 Å². The Kier molecular flexibility index (Phi) is 10.3. The first-order valence-corrected chi connectivity index (χ1v) is 8.90. The summed E-state index contributed by atoms with van der Waals surface area (Å²) in [5.41, 5.74) is 0. The fraction of sp³-hybridized carbons (Fsp3) is 0.833. The van der Waals surface area contributed by atoms with Crippen LogP contribution in [0.15, 0.2) is 0 Å². The molecule has 1 aliphatic rings. The number of hydrogen-bond donors (Lipinski definition) is 2. The minimum atomic E-state index is -1.31. The summed E-state index contributed by atoms with van der Waals surface area (Å²) in [6, 6.07) is 0. The van der Waals surface area contributed by atoms with Crippen molar-refractivity contribution < 1.29 is 19.8 Å². The molecule has 0 aliphatic heterocycles. The van der Waals surface area contributed by atoms with Crippen LogP contribution in [0.2, 0.25) is 4.03 Å². The molecule has 96 valence electrons. The van der Waals surface area contributed by atoms with Gasteiger partial charge in [-0.15, -0.1) is 0 Å². The number of rotatable bonds is 4. The van der Waals surface area contributed by atoms with Gasteiger partial charge in [0.15, 0.2) is 0 Å². The van der Waals surface area contributed by atoms with Crippen molar-refractivity contribution in [3.63, 3.8) is 0 Å². The van der Waals surface area contributed by atoms with Crippen LogP contribution in [0.4, 0.5) is 0 Å². The average molecular weight is 270 g/mol. The van der Waals surface area contributed by atoms with Crippen molar-refractivity contribution in [2.75, 3.05) is 0 Å². The van der Waals surface area contributed by atoms with Gasteiger partial charge in [0.05, 0.1) is 0 Å². The Labute approximate surface area is 121 Å². The van der Waals surface area contributed by atoms with Crippen LogP contribution in [0.25, 0.3) is 0 Å². The molecule has 0 heterocycles. The number of carbonyl (C=O) groups is 2. The maximum atomic E-state index is 9.43. The van der Waals surface area contributed by atoms with E-state index in [1.807, 2.05) is 0 Å². The number of carboxylic acids is 2. The van der Waals surface area contributed by atoms with E-state index in [0.717, 1.165) is 2.01 Å². The maximum Gasteiger partial charge on any atom is 0.314 e. The molecule has 0 radical (unpaired) electrons. The molecule has 1 rings (SSSR count). The molecule has 0 aromatic carbocycles. The zero-order chi connectivity index (χ0) is 13.3. The van der Waals surface area contributed by atoms with Crippen molar-refractivity contribution in [1.82, 2.24) is 0 Å². The van der Waals surface area contributed by atoms with Crippen LogP contribution < -0.4 is 0 Å². The molecule has 1 saturated carbocycles. The minimum absolute atomic E-state index is 0.110. The minimum Gasteiger partial charge on any atom is -0.481 e. The van der Waals surface area contributed by atoms with Crippen molar-refractivity contribution in [3.8, 4) is 0 Å². The monoisotopic (exact) mass is 270 g/mol. The molecule has 2 N–H and O–H groups in total. The largest absolute Gasteiger partial charge is 0.481 e. The predicted octanol–water partition coefficient (Wildman–Crippen LogP) is 2.82. The number of aliphatic carboxylic acids is 2. The van der Waals surface area contributed by atoms with Gasteiger partial charge in [-0.1, -0.05) is 0 Å². The normalized spacial score (nSPS) is 15.7. The Morgan fingerprint density at radius 2 is 1.59 bits per heavy atom. The van der Waals surface area contributed by atoms with Gasteiger partial charge in [0, 0.05) is 0 Å². The van der Waals surface area contributed by atoms with Crippen molar-refractivity contribution in [1.29, 1.82) is 0 Å². The average Bonchev–Trinajstić information content (AvgIpc) is 2.16. The van der Waals surface area contributed by atoms with E-state index in [0.29, 0.717) is 0 Å². The van der Waals surface area contributed by atoms with Crippen LogP contribution >= 0.6 is 0 Å². The Morgan fingerprint density at radius 3 is 1.88 bits per heavy atom. The summed E-state index contributed by atoms with van der Waals surface area (Å²) in [5, 5.41) is 15.4. The molecule has 4 nitrogen and oxygen atoms in total. The molecular weight excluding hydrogens is 248 g/mol. The molecule has 0 spiro atoms. The van der Waals surface area contributed by atoms with E-state index in [2.05, 4.69) is 13.8 Å². The Morgan fingerprint density at radius 1 is 1.12 bits per heavy atom. The van der Waals surface area contributed by atoms with E-state index in [1.165, 1.54) is 8.44 Å². The second-order valence-electron chi connectivity index (χ2n) is 5.10. The second-order valence-corrected chi connectivity index (χ2v) is 10.2. The molecular formula is C12H22CaO4. The molecule has 5 heteroatoms. The molecule has 0 bridgehead atoms. The molecule has 0 amide bonds. The molecule has 1 aliphatic carbocycles. The Balaban J connectivity index is 0.000000325. The summed E-state index contributed by atoms with van der Waals surface area (Å²) in [4.78, 5) is 18.9. The van der Waals surface area contributed by atoms with Crippen LogP contribution in [0.1, 0.15) is 52.4 Å². The van der Waals surface area contributed by atoms with Crippen LogP contribution in [0.5, 0.6) is 0 Å². The summed E-state index contributed by atoms with van der Waals surface area (Å²) in [7, 11) is 0. The molecule has 0 unspecified atom stereocenters. The van der Waals surface area contributed by atoms with Crippen molar-refractivity contribution in [2.24, 2.45) is 0 Å². The van der Waals surface area contributed by atoms with E-state index in [1.54, 1.807) is 25.7 Å². The second kappa shape index (κ2) is 10.2. The van der Waals surface area contributed by atoms with Gasteiger partial charge in [-0.2, -0.15) is 0 Å². The first-order valence-electron chi connectivity index (χ1n) is 6.35. The van der Waals surface area contributed by atoms with Gasteiger partial charge in [0.25, 0.3) is 0 Å². The van der Waals surface area contributed by atoms with Crippen molar-refractivity contribution in [2.45, 2.75) is 56.4 Å². The zero-order valence-corrected chi connectivity index (χ0v) is 13.0. The van der Waals surface area contributed by atoms with Gasteiger partial charge in [-0.05, 0) is 0 Å². The SMILES string of the molecule is C[CH](C)[Ca][CH]1CCCCC1.O=C(O)CC(=O)O. The summed E-state index contributed by atoms with van der Waals surface area (Å²) in [6.07, 6.45) is 7.00. The number of hydrogen-bond acceptors (Lipinski definition) is 2. The fourth-order valence-electron chi connectivity index (χ4n) is 2.22. The third kappa shape index (κ3) is 12.4. The van der Waals surface area contributed by atoms with E-state index in [9.17, 15) is 9.59 Å². The quantitative estimate of drug-likeness (QED) is 0.608. The van der Waals surface area contributed by atoms with E-state index in [-0.39, 0.29) is 33.8 Å². The molecule has 0 saturated heterocycles. The van der Waals surface area contributed by atoms with Crippen molar-refractivity contribution >= 4 is 45.8 Å². The summed E-state index contributed by atoms with van der Waals surface area (Å²) in [5.74, 6) is -2.62. The van der Waals surface area contributed by atoms with E-state index >= 15 is 0 Å². The van der Waals surface area contributed by atoms with Crippen LogP contribution in [-0.4, -0.2) is 56.0 Å². The van der Waals surface area contributed by atoms with E-state index < -0.39 is 18.4 Å². The zero-order valence-electron chi connectivity index (χ0n) is 10.8. The first-order chi connectivity index (χ1) is 7.91. The van der Waals surface area contributed by atoms with Gasteiger partial charge in [0.1, 0.15) is 6.42 Å². The fourth-order valence-corrected chi connectivity index (χ4v) is 5.94. The van der Waals surface area contributed by atoms with Crippen LogP contribution in [0, 0.1) is 0 Å².